The van der Waals surface area contributed by atoms with E-state index in [-0.39, 0.29) is 27.7 Å². The summed E-state index contributed by atoms with van der Waals surface area (Å²) in [6.07, 6.45) is 15.1. The lowest BCUT2D eigenvalue weighted by Gasteiger charge is -2.39. The number of nitro benzene ring substituents is 1. The number of ketones is 1. The zero-order valence-electron chi connectivity index (χ0n) is 23.6. The van der Waals surface area contributed by atoms with Crippen molar-refractivity contribution in [3.63, 3.8) is 0 Å². The quantitative estimate of drug-likeness (QED) is 0.0879. The van der Waals surface area contributed by atoms with Gasteiger partial charge in [-0.2, -0.15) is 0 Å². The van der Waals surface area contributed by atoms with Gasteiger partial charge in [0.2, 0.25) is 0 Å². The van der Waals surface area contributed by atoms with Gasteiger partial charge in [0.25, 0.3) is 5.69 Å². The van der Waals surface area contributed by atoms with E-state index in [0.717, 1.165) is 56.1 Å². The summed E-state index contributed by atoms with van der Waals surface area (Å²) in [6.45, 7) is 6.72. The number of unbranched alkanes of at least 4 members (excludes halogenated alkanes) is 11. The minimum absolute atomic E-state index is 0.0588. The van der Waals surface area contributed by atoms with E-state index in [9.17, 15) is 19.7 Å². The van der Waals surface area contributed by atoms with Crippen LogP contribution in [0, 0.1) is 15.5 Å². The summed E-state index contributed by atoms with van der Waals surface area (Å²) in [5.41, 5.74) is 3.22. The van der Waals surface area contributed by atoms with E-state index in [1.165, 1.54) is 50.5 Å². The summed E-state index contributed by atoms with van der Waals surface area (Å²) in [6, 6.07) is 6.93. The van der Waals surface area contributed by atoms with Gasteiger partial charge >= 0.3 is 6.16 Å². The van der Waals surface area contributed by atoms with Crippen molar-refractivity contribution in [2.75, 3.05) is 6.61 Å². The molecule has 2 rings (SSSR count). The molecule has 0 radical (unpaired) electrons. The highest BCUT2D eigenvalue weighted by molar-refractivity contribution is 5.97. The molecule has 0 aliphatic heterocycles. The van der Waals surface area contributed by atoms with E-state index in [1.54, 1.807) is 12.1 Å². The van der Waals surface area contributed by atoms with Crippen LogP contribution in [-0.2, 0) is 9.53 Å². The van der Waals surface area contributed by atoms with Crippen LogP contribution in [0.2, 0.25) is 0 Å². The molecule has 0 bridgehead atoms. The number of allylic oxidation sites excluding steroid dienone is 2. The summed E-state index contributed by atoms with van der Waals surface area (Å²) in [5.74, 6) is 0.351. The number of hydrogen-bond acceptors (Lipinski definition) is 5. The number of carbonyl (C=O) groups is 2. The predicted molar refractivity (Wildman–Crippen MR) is 151 cm³/mol. The molecule has 0 heterocycles. The number of benzene rings is 1. The maximum Gasteiger partial charge on any atom is 0.505 e. The van der Waals surface area contributed by atoms with Crippen molar-refractivity contribution < 1.29 is 24.4 Å². The lowest BCUT2D eigenvalue weighted by molar-refractivity contribution is -0.384. The van der Waals surface area contributed by atoms with Crippen molar-refractivity contribution in [2.45, 2.75) is 123 Å². The molecule has 1 aromatic rings. The Morgan fingerprint density at radius 3 is 1.95 bits per heavy atom. The van der Waals surface area contributed by atoms with Gasteiger partial charge in [-0.25, -0.2) is 4.79 Å². The second kappa shape index (κ2) is 16.3. The molecule has 1 N–H and O–H groups in total. The van der Waals surface area contributed by atoms with Crippen LogP contribution in [0.4, 0.5) is 10.5 Å². The highest BCUT2D eigenvalue weighted by atomic mass is 16.7. The minimum Gasteiger partial charge on any atom is -0.450 e. The van der Waals surface area contributed by atoms with E-state index in [2.05, 4.69) is 18.6 Å². The van der Waals surface area contributed by atoms with Gasteiger partial charge in [0.05, 0.1) is 11.5 Å². The first kappa shape index (κ1) is 31.5. The largest absolute Gasteiger partial charge is 0.505 e. The van der Waals surface area contributed by atoms with Gasteiger partial charge in [-0.05, 0) is 42.7 Å². The molecule has 0 spiro atoms. The molecule has 1 unspecified atom stereocenters. The Morgan fingerprint density at radius 1 is 0.947 bits per heavy atom. The third-order valence-electron chi connectivity index (χ3n) is 8.00. The number of carbonyl (C=O) groups excluding carboxylic acids is 1. The average molecular weight is 530 g/mol. The second-order valence-corrected chi connectivity index (χ2v) is 11.4. The van der Waals surface area contributed by atoms with Gasteiger partial charge < -0.3 is 9.84 Å². The zero-order valence-corrected chi connectivity index (χ0v) is 23.6. The second-order valence-electron chi connectivity index (χ2n) is 11.4. The molecule has 7 nitrogen and oxygen atoms in total. The highest BCUT2D eigenvalue weighted by Gasteiger charge is 2.37. The summed E-state index contributed by atoms with van der Waals surface area (Å²) < 4.78 is 4.52. The van der Waals surface area contributed by atoms with Crippen molar-refractivity contribution in [1.82, 2.24) is 0 Å². The lowest BCUT2D eigenvalue weighted by Crippen LogP contribution is -2.29. The molecule has 1 atom stereocenters. The predicted octanol–water partition coefficient (Wildman–Crippen LogP) is 9.15. The summed E-state index contributed by atoms with van der Waals surface area (Å²) in [7, 11) is 0. The Labute approximate surface area is 228 Å². The van der Waals surface area contributed by atoms with Crippen molar-refractivity contribution in [1.29, 1.82) is 0 Å². The molecule has 38 heavy (non-hydrogen) atoms. The van der Waals surface area contributed by atoms with Crippen molar-refractivity contribution >= 4 is 17.6 Å². The maximum atomic E-state index is 12.6. The molecule has 0 saturated carbocycles. The number of hydrogen-bond donors (Lipinski definition) is 1. The molecule has 1 aliphatic carbocycles. The first-order valence-electron chi connectivity index (χ1n) is 14.5. The molecule has 0 aromatic heterocycles. The average Bonchev–Trinajstić information content (AvgIpc) is 2.87. The minimum atomic E-state index is -1.19. The van der Waals surface area contributed by atoms with Crippen molar-refractivity contribution in [3.05, 3.63) is 51.1 Å². The van der Waals surface area contributed by atoms with Crippen LogP contribution < -0.4 is 0 Å². The van der Waals surface area contributed by atoms with Crippen LogP contribution >= 0.6 is 0 Å². The van der Waals surface area contributed by atoms with Crippen LogP contribution in [0.5, 0.6) is 0 Å². The first-order valence-corrected chi connectivity index (χ1v) is 14.5. The lowest BCUT2D eigenvalue weighted by atomic mass is 9.65. The van der Waals surface area contributed by atoms with Gasteiger partial charge in [-0.1, -0.05) is 102 Å². The van der Waals surface area contributed by atoms with Crippen LogP contribution in [0.15, 0.2) is 35.4 Å². The number of Topliss-reactive ketones (excluding diaryl/α,β-unsaturated/α-hetero) is 1. The number of non-ortho nitro benzene ring substituents is 1. The normalized spacial score (nSPS) is 15.9. The fraction of sp³-hybridized carbons (Fsp3) is 0.677. The van der Waals surface area contributed by atoms with Crippen molar-refractivity contribution in [3.8, 4) is 0 Å². The third-order valence-corrected chi connectivity index (χ3v) is 8.00. The molecule has 0 amide bonds. The molecule has 1 aromatic carbocycles. The Bertz CT molecular complexity index is 934. The SMILES string of the molecule is CC1=C(C(CCCCCCCCCCCCCCOC(=O)O)c2ccc([N+](=O)[O-])cc2)C(C)(C)CCC1=O. The zero-order chi connectivity index (χ0) is 28.0. The van der Waals surface area contributed by atoms with Crippen LogP contribution in [-0.4, -0.2) is 28.6 Å². The molecular formula is C31H47NO6. The Hall–Kier alpha value is -2.70. The number of nitro groups is 1. The number of ether oxygens (including phenoxy) is 1. The Balaban J connectivity index is 1.75. The van der Waals surface area contributed by atoms with E-state index in [4.69, 9.17) is 5.11 Å². The van der Waals surface area contributed by atoms with Crippen LogP contribution in [0.1, 0.15) is 129 Å². The fourth-order valence-corrected chi connectivity index (χ4v) is 5.82. The summed E-state index contributed by atoms with van der Waals surface area (Å²) >= 11 is 0. The van der Waals surface area contributed by atoms with Gasteiger partial charge in [0, 0.05) is 24.5 Å². The van der Waals surface area contributed by atoms with Gasteiger partial charge in [0.15, 0.2) is 5.78 Å². The summed E-state index contributed by atoms with van der Waals surface area (Å²) in [4.78, 5) is 33.7. The Kier molecular flexibility index (Phi) is 13.5. The van der Waals surface area contributed by atoms with Gasteiger partial charge in [0.1, 0.15) is 0 Å². The van der Waals surface area contributed by atoms with Gasteiger partial charge in [-0.15, -0.1) is 0 Å². The van der Waals surface area contributed by atoms with E-state index in [0.29, 0.717) is 13.0 Å². The maximum absolute atomic E-state index is 12.6. The third kappa shape index (κ3) is 10.6. The molecule has 0 fully saturated rings. The van der Waals surface area contributed by atoms with E-state index >= 15 is 0 Å². The molecule has 0 saturated heterocycles. The molecule has 212 valence electrons. The Morgan fingerprint density at radius 2 is 1.45 bits per heavy atom. The van der Waals surface area contributed by atoms with Crippen LogP contribution in [0.25, 0.3) is 0 Å². The molecule has 1 aliphatic rings. The van der Waals surface area contributed by atoms with E-state index < -0.39 is 6.16 Å². The fourth-order valence-electron chi connectivity index (χ4n) is 5.82. The topological polar surface area (TPSA) is 107 Å². The van der Waals surface area contributed by atoms with E-state index in [1.807, 2.05) is 19.1 Å². The monoisotopic (exact) mass is 529 g/mol. The smallest absolute Gasteiger partial charge is 0.450 e. The first-order chi connectivity index (χ1) is 18.1. The van der Waals surface area contributed by atoms with Crippen molar-refractivity contribution in [2.24, 2.45) is 5.41 Å². The highest BCUT2D eigenvalue weighted by Crippen LogP contribution is 2.48. The molecular weight excluding hydrogens is 482 g/mol. The molecule has 7 heteroatoms. The van der Waals surface area contributed by atoms with Gasteiger partial charge in [-0.3, -0.25) is 14.9 Å². The van der Waals surface area contributed by atoms with Crippen LogP contribution in [0.3, 0.4) is 0 Å². The summed E-state index contributed by atoms with van der Waals surface area (Å²) in [5, 5.41) is 19.6. The standard InChI is InChI=1S/C31H47NO6/c1-24-28(33)21-22-31(2,3)29(24)27(25-17-19-26(20-18-25)32(36)37)16-14-12-10-8-6-4-5-7-9-11-13-15-23-38-30(34)35/h17-20,27H,4-16,21-23H2,1-3H3,(H,34,35). The number of carboxylic acid groups (broad SMARTS) is 1. The number of nitrogens with zero attached hydrogens (tertiary/aromatic N) is 1. The number of rotatable bonds is 18.